The maximum Gasteiger partial charge on any atom is 0.0790 e. The molecule has 0 aliphatic heterocycles. The first-order valence-corrected chi connectivity index (χ1v) is 7.86. The van der Waals surface area contributed by atoms with Gasteiger partial charge < -0.3 is 5.11 Å². The van der Waals surface area contributed by atoms with Gasteiger partial charge in [-0.15, -0.1) is 0 Å². The van der Waals surface area contributed by atoms with E-state index in [1.807, 2.05) is 18.2 Å². The van der Waals surface area contributed by atoms with E-state index in [0.29, 0.717) is 0 Å². The Kier molecular flexibility index (Phi) is 7.40. The van der Waals surface area contributed by atoms with Crippen molar-refractivity contribution in [2.75, 3.05) is 0 Å². The summed E-state index contributed by atoms with van der Waals surface area (Å²) in [6, 6.07) is 5.96. The molecule has 0 aromatic heterocycles. The first-order valence-electron chi connectivity index (χ1n) is 6.27. The van der Waals surface area contributed by atoms with E-state index in [1.165, 1.54) is 25.7 Å². The van der Waals surface area contributed by atoms with E-state index in [9.17, 15) is 5.11 Å². The van der Waals surface area contributed by atoms with Gasteiger partial charge in [0.2, 0.25) is 0 Å². The van der Waals surface area contributed by atoms with Gasteiger partial charge in [0.25, 0.3) is 0 Å². The number of rotatable bonds is 7. The highest BCUT2D eigenvalue weighted by Crippen LogP contribution is 2.27. The van der Waals surface area contributed by atoms with Crippen molar-refractivity contribution in [1.82, 2.24) is 0 Å². The van der Waals surface area contributed by atoms with Gasteiger partial charge in [-0.2, -0.15) is 0 Å². The van der Waals surface area contributed by atoms with Crippen LogP contribution < -0.4 is 0 Å². The van der Waals surface area contributed by atoms with Gasteiger partial charge in [-0.05, 0) is 30.2 Å². The van der Waals surface area contributed by atoms with E-state index in [1.54, 1.807) is 0 Å². The number of benzene rings is 1. The number of halogens is 2. The maximum absolute atomic E-state index is 10.1. The third-order valence-corrected chi connectivity index (χ3v) is 3.77. The van der Waals surface area contributed by atoms with Crippen molar-refractivity contribution >= 4 is 31.9 Å². The van der Waals surface area contributed by atoms with Gasteiger partial charge in [0.05, 0.1) is 6.10 Å². The van der Waals surface area contributed by atoms with Crippen LogP contribution in [0.25, 0.3) is 0 Å². The van der Waals surface area contributed by atoms with Crippen molar-refractivity contribution < 1.29 is 5.11 Å². The fourth-order valence-electron chi connectivity index (χ4n) is 1.88. The lowest BCUT2D eigenvalue weighted by Gasteiger charge is -2.11. The summed E-state index contributed by atoms with van der Waals surface area (Å²) in [4.78, 5) is 0. The van der Waals surface area contributed by atoms with Crippen LogP contribution in [-0.2, 0) is 0 Å². The van der Waals surface area contributed by atoms with E-state index in [-0.39, 0.29) is 6.10 Å². The molecule has 96 valence electrons. The molecule has 0 spiro atoms. The van der Waals surface area contributed by atoms with Crippen molar-refractivity contribution in [2.24, 2.45) is 0 Å². The number of unbranched alkanes of at least 4 members (excludes halogenated alkanes) is 4. The molecule has 0 fully saturated rings. The molecule has 0 bridgehead atoms. The van der Waals surface area contributed by atoms with Crippen LogP contribution in [0.15, 0.2) is 27.1 Å². The highest BCUT2D eigenvalue weighted by atomic mass is 79.9. The second-order valence-corrected chi connectivity index (χ2v) is 6.25. The molecule has 1 unspecified atom stereocenters. The van der Waals surface area contributed by atoms with Gasteiger partial charge in [0.1, 0.15) is 0 Å². The first kappa shape index (κ1) is 15.2. The Labute approximate surface area is 121 Å². The fourth-order valence-corrected chi connectivity index (χ4v) is 3.20. The number of aliphatic hydroxyl groups is 1. The van der Waals surface area contributed by atoms with Crippen molar-refractivity contribution in [3.8, 4) is 0 Å². The highest BCUT2D eigenvalue weighted by molar-refractivity contribution is 9.11. The molecule has 1 aromatic carbocycles. The lowest BCUT2D eigenvalue weighted by Crippen LogP contribution is -1.97. The quantitative estimate of drug-likeness (QED) is 0.624. The molecule has 0 aliphatic carbocycles. The van der Waals surface area contributed by atoms with Crippen molar-refractivity contribution in [3.63, 3.8) is 0 Å². The van der Waals surface area contributed by atoms with Crippen molar-refractivity contribution in [2.45, 2.75) is 51.6 Å². The van der Waals surface area contributed by atoms with Crippen LogP contribution in [0.4, 0.5) is 0 Å². The lowest BCUT2D eigenvalue weighted by atomic mass is 10.0. The standard InChI is InChI=1S/C14H20Br2O/c1-2-3-4-5-6-7-14(17)11-8-12(15)10-13(16)9-11/h8-10,14,17H,2-7H2,1H3. The lowest BCUT2D eigenvalue weighted by molar-refractivity contribution is 0.163. The van der Waals surface area contributed by atoms with Crippen LogP contribution in [0.3, 0.4) is 0 Å². The summed E-state index contributed by atoms with van der Waals surface area (Å²) in [6.07, 6.45) is 6.69. The average molecular weight is 364 g/mol. The summed E-state index contributed by atoms with van der Waals surface area (Å²) >= 11 is 6.89. The molecule has 0 heterocycles. The summed E-state index contributed by atoms with van der Waals surface area (Å²) in [5.41, 5.74) is 0.988. The Bertz CT molecular complexity index is 319. The normalized spacial score (nSPS) is 12.7. The van der Waals surface area contributed by atoms with Crippen molar-refractivity contribution in [3.05, 3.63) is 32.7 Å². The third-order valence-electron chi connectivity index (χ3n) is 2.85. The highest BCUT2D eigenvalue weighted by Gasteiger charge is 2.08. The van der Waals surface area contributed by atoms with E-state index in [2.05, 4.69) is 38.8 Å². The molecule has 1 rings (SSSR count). The topological polar surface area (TPSA) is 20.2 Å². The molecule has 1 N–H and O–H groups in total. The fraction of sp³-hybridized carbons (Fsp3) is 0.571. The molecule has 0 radical (unpaired) electrons. The first-order chi connectivity index (χ1) is 8.13. The molecule has 0 amide bonds. The zero-order chi connectivity index (χ0) is 12.7. The maximum atomic E-state index is 10.1. The monoisotopic (exact) mass is 362 g/mol. The molecule has 0 saturated carbocycles. The predicted octanol–water partition coefficient (Wildman–Crippen LogP) is 5.61. The summed E-state index contributed by atoms with van der Waals surface area (Å²) in [5, 5.41) is 10.1. The molecule has 1 atom stereocenters. The summed E-state index contributed by atoms with van der Waals surface area (Å²) in [6.45, 7) is 2.22. The van der Waals surface area contributed by atoms with Crippen LogP contribution in [0.5, 0.6) is 0 Å². The van der Waals surface area contributed by atoms with Crippen LogP contribution in [0.2, 0.25) is 0 Å². The molecule has 1 nitrogen and oxygen atoms in total. The van der Waals surface area contributed by atoms with Crippen LogP contribution >= 0.6 is 31.9 Å². The average Bonchev–Trinajstić information content (AvgIpc) is 2.27. The molecule has 1 aromatic rings. The van der Waals surface area contributed by atoms with Crippen LogP contribution in [0.1, 0.15) is 57.1 Å². The number of aliphatic hydroxyl groups excluding tert-OH is 1. The summed E-state index contributed by atoms with van der Waals surface area (Å²) in [5.74, 6) is 0. The molecular weight excluding hydrogens is 344 g/mol. The van der Waals surface area contributed by atoms with Gasteiger partial charge in [0.15, 0.2) is 0 Å². The Balaban J connectivity index is 2.38. The molecule has 0 saturated heterocycles. The van der Waals surface area contributed by atoms with Crippen LogP contribution in [-0.4, -0.2) is 5.11 Å². The Morgan fingerprint density at radius 2 is 1.59 bits per heavy atom. The van der Waals surface area contributed by atoms with E-state index in [4.69, 9.17) is 0 Å². The van der Waals surface area contributed by atoms with Gasteiger partial charge in [0, 0.05) is 8.95 Å². The summed E-state index contributed by atoms with van der Waals surface area (Å²) in [7, 11) is 0. The van der Waals surface area contributed by atoms with Gasteiger partial charge in [-0.1, -0.05) is 70.9 Å². The molecule has 3 heteroatoms. The van der Waals surface area contributed by atoms with Crippen LogP contribution in [0, 0.1) is 0 Å². The third kappa shape index (κ3) is 6.03. The zero-order valence-corrected chi connectivity index (χ0v) is 13.4. The Morgan fingerprint density at radius 3 is 2.18 bits per heavy atom. The molecule has 17 heavy (non-hydrogen) atoms. The van der Waals surface area contributed by atoms with E-state index in [0.717, 1.165) is 27.4 Å². The van der Waals surface area contributed by atoms with Gasteiger partial charge >= 0.3 is 0 Å². The minimum Gasteiger partial charge on any atom is -0.388 e. The predicted molar refractivity (Wildman–Crippen MR) is 80.2 cm³/mol. The minimum atomic E-state index is -0.342. The number of hydrogen-bond acceptors (Lipinski definition) is 1. The largest absolute Gasteiger partial charge is 0.388 e. The smallest absolute Gasteiger partial charge is 0.0790 e. The zero-order valence-electron chi connectivity index (χ0n) is 10.3. The van der Waals surface area contributed by atoms with Crippen molar-refractivity contribution in [1.29, 1.82) is 0 Å². The molecular formula is C14H20Br2O. The second kappa shape index (κ2) is 8.28. The minimum absolute atomic E-state index is 0.342. The van der Waals surface area contributed by atoms with Gasteiger partial charge in [-0.25, -0.2) is 0 Å². The Hall–Kier alpha value is 0.140. The van der Waals surface area contributed by atoms with E-state index < -0.39 is 0 Å². The number of hydrogen-bond donors (Lipinski definition) is 1. The summed E-state index contributed by atoms with van der Waals surface area (Å²) < 4.78 is 2.01. The SMILES string of the molecule is CCCCCCCC(O)c1cc(Br)cc(Br)c1. The molecule has 0 aliphatic rings. The Morgan fingerprint density at radius 1 is 1.00 bits per heavy atom. The second-order valence-electron chi connectivity index (χ2n) is 4.42. The van der Waals surface area contributed by atoms with Gasteiger partial charge in [-0.3, -0.25) is 0 Å². The van der Waals surface area contributed by atoms with E-state index >= 15 is 0 Å².